The van der Waals surface area contributed by atoms with Crippen LogP contribution < -0.4 is 10.0 Å². The highest BCUT2D eigenvalue weighted by atomic mass is 79.9. The zero-order valence-corrected chi connectivity index (χ0v) is 15.3. The third kappa shape index (κ3) is 5.40. The molecule has 116 valence electrons. The average Bonchev–Trinajstić information content (AvgIpc) is 2.75. The van der Waals surface area contributed by atoms with Crippen LogP contribution in [0.4, 0.5) is 0 Å². The van der Waals surface area contributed by atoms with Crippen LogP contribution in [0.1, 0.15) is 26.5 Å². The van der Waals surface area contributed by atoms with Gasteiger partial charge < -0.3 is 9.73 Å². The van der Waals surface area contributed by atoms with E-state index < -0.39 is 10.0 Å². The summed E-state index contributed by atoms with van der Waals surface area (Å²) in [6, 6.07) is 1.85. The molecule has 0 saturated heterocycles. The second-order valence-electron chi connectivity index (χ2n) is 4.78. The number of hydrogen-bond acceptors (Lipinski definition) is 5. The monoisotopic (exact) mass is 384 g/mol. The number of rotatable bonds is 8. The number of sulfonamides is 1. The molecule has 8 heteroatoms. The molecule has 1 rings (SSSR count). The Labute approximate surface area is 133 Å². The van der Waals surface area contributed by atoms with Crippen LogP contribution in [0.15, 0.2) is 20.0 Å². The maximum absolute atomic E-state index is 12.2. The first kappa shape index (κ1) is 18.0. The minimum Gasteiger partial charge on any atom is -0.452 e. The van der Waals surface area contributed by atoms with Crippen molar-refractivity contribution in [3.05, 3.63) is 16.5 Å². The Kier molecular flexibility index (Phi) is 7.07. The summed E-state index contributed by atoms with van der Waals surface area (Å²) in [6.45, 7) is 6.88. The van der Waals surface area contributed by atoms with E-state index in [9.17, 15) is 8.42 Å². The molecule has 1 unspecified atom stereocenters. The molecule has 0 aliphatic rings. The van der Waals surface area contributed by atoms with E-state index in [4.69, 9.17) is 4.42 Å². The summed E-state index contributed by atoms with van der Waals surface area (Å²) in [4.78, 5) is 0.145. The largest absolute Gasteiger partial charge is 0.452 e. The number of halogens is 1. The van der Waals surface area contributed by atoms with Gasteiger partial charge in [0, 0.05) is 23.9 Å². The molecule has 0 fully saturated rings. The Hall–Kier alpha value is -0.0200. The lowest BCUT2D eigenvalue weighted by molar-refractivity contribution is 0.447. The molecule has 1 aromatic heterocycles. The van der Waals surface area contributed by atoms with Gasteiger partial charge in [0.1, 0.15) is 10.7 Å². The zero-order valence-electron chi connectivity index (χ0n) is 12.1. The summed E-state index contributed by atoms with van der Waals surface area (Å²) in [5.41, 5.74) is 0. The van der Waals surface area contributed by atoms with Crippen LogP contribution >= 0.6 is 27.7 Å². The normalized spacial score (nSPS) is 13.9. The smallest absolute Gasteiger partial charge is 0.245 e. The number of thioether (sulfide) groups is 1. The molecule has 0 bridgehead atoms. The van der Waals surface area contributed by atoms with Gasteiger partial charge in [-0.25, -0.2) is 13.1 Å². The predicted octanol–water partition coefficient (Wildman–Crippen LogP) is 2.57. The lowest BCUT2D eigenvalue weighted by Gasteiger charge is -2.09. The first-order valence-corrected chi connectivity index (χ1v) is 9.86. The maximum Gasteiger partial charge on any atom is 0.245 e. The van der Waals surface area contributed by atoms with Crippen molar-refractivity contribution in [3.63, 3.8) is 0 Å². The molecular formula is C12H21BrN2O3S2. The lowest BCUT2D eigenvalue weighted by Crippen LogP contribution is -2.29. The van der Waals surface area contributed by atoms with E-state index >= 15 is 0 Å². The fourth-order valence-electron chi connectivity index (χ4n) is 1.36. The van der Waals surface area contributed by atoms with Crippen LogP contribution in [0.5, 0.6) is 0 Å². The van der Waals surface area contributed by atoms with Gasteiger partial charge in [-0.05, 0) is 22.2 Å². The fourth-order valence-corrected chi connectivity index (χ4v) is 3.84. The maximum atomic E-state index is 12.2. The second-order valence-corrected chi connectivity index (χ2v) is 8.52. The van der Waals surface area contributed by atoms with Gasteiger partial charge in [0.2, 0.25) is 10.0 Å². The van der Waals surface area contributed by atoms with Crippen molar-refractivity contribution in [2.75, 3.05) is 12.8 Å². The van der Waals surface area contributed by atoms with E-state index in [0.717, 1.165) is 0 Å². The Morgan fingerprint density at radius 3 is 2.60 bits per heavy atom. The molecule has 0 radical (unpaired) electrons. The van der Waals surface area contributed by atoms with Crippen molar-refractivity contribution in [1.29, 1.82) is 0 Å². The van der Waals surface area contributed by atoms with E-state index in [0.29, 0.717) is 24.9 Å². The number of hydrogen-bond donors (Lipinski definition) is 2. The van der Waals surface area contributed by atoms with Gasteiger partial charge in [0.15, 0.2) is 4.67 Å². The van der Waals surface area contributed by atoms with Crippen molar-refractivity contribution >= 4 is 37.7 Å². The van der Waals surface area contributed by atoms with Crippen molar-refractivity contribution in [1.82, 2.24) is 10.0 Å². The quantitative estimate of drug-likeness (QED) is 0.720. The van der Waals surface area contributed by atoms with Gasteiger partial charge in [0.25, 0.3) is 0 Å². The van der Waals surface area contributed by atoms with E-state index in [2.05, 4.69) is 26.0 Å². The first-order chi connectivity index (χ1) is 9.26. The molecule has 2 N–H and O–H groups in total. The summed E-state index contributed by atoms with van der Waals surface area (Å²) in [7, 11) is -3.55. The van der Waals surface area contributed by atoms with E-state index in [1.807, 2.05) is 27.0 Å². The number of furan rings is 1. The minimum atomic E-state index is -3.55. The van der Waals surface area contributed by atoms with Gasteiger partial charge in [-0.1, -0.05) is 20.8 Å². The molecule has 0 aromatic carbocycles. The highest BCUT2D eigenvalue weighted by molar-refractivity contribution is 9.10. The van der Waals surface area contributed by atoms with Gasteiger partial charge in [0.05, 0.1) is 6.54 Å². The van der Waals surface area contributed by atoms with E-state index in [1.165, 1.54) is 0 Å². The third-order valence-electron chi connectivity index (χ3n) is 2.64. The summed E-state index contributed by atoms with van der Waals surface area (Å²) < 4.78 is 32.6. The first-order valence-electron chi connectivity index (χ1n) is 6.30. The van der Waals surface area contributed by atoms with E-state index in [1.54, 1.807) is 17.8 Å². The summed E-state index contributed by atoms with van der Waals surface area (Å²) >= 11 is 4.77. The predicted molar refractivity (Wildman–Crippen MR) is 86.5 cm³/mol. The lowest BCUT2D eigenvalue weighted by atomic mass is 10.3. The molecule has 0 aliphatic carbocycles. The molecule has 1 heterocycles. The van der Waals surface area contributed by atoms with Crippen molar-refractivity contribution in [2.45, 2.75) is 43.5 Å². The number of nitrogens with one attached hydrogen (secondary N) is 2. The molecular weight excluding hydrogens is 364 g/mol. The van der Waals surface area contributed by atoms with E-state index in [-0.39, 0.29) is 14.8 Å². The van der Waals surface area contributed by atoms with Crippen molar-refractivity contribution in [3.8, 4) is 0 Å². The highest BCUT2D eigenvalue weighted by Crippen LogP contribution is 2.26. The van der Waals surface area contributed by atoms with Gasteiger partial charge in [-0.2, -0.15) is 11.8 Å². The second kappa shape index (κ2) is 7.84. The summed E-state index contributed by atoms with van der Waals surface area (Å²) in [5.74, 6) is 0.587. The van der Waals surface area contributed by atoms with Crippen LogP contribution in [0.2, 0.25) is 0 Å². The fraction of sp³-hybridized carbons (Fsp3) is 0.667. The molecule has 0 spiro atoms. The van der Waals surface area contributed by atoms with Gasteiger partial charge >= 0.3 is 0 Å². The molecule has 0 aliphatic heterocycles. The van der Waals surface area contributed by atoms with Gasteiger partial charge in [-0.3, -0.25) is 0 Å². The molecule has 1 atom stereocenters. The van der Waals surface area contributed by atoms with Crippen LogP contribution in [0, 0.1) is 0 Å². The Bertz CT molecular complexity index is 529. The molecule has 20 heavy (non-hydrogen) atoms. The zero-order chi connectivity index (χ0) is 15.3. The molecule has 0 amide bonds. The average molecular weight is 385 g/mol. The summed E-state index contributed by atoms with van der Waals surface area (Å²) in [5, 5.41) is 3.40. The Balaban J connectivity index is 2.79. The summed E-state index contributed by atoms with van der Waals surface area (Å²) in [6.07, 6.45) is 1.95. The highest BCUT2D eigenvalue weighted by Gasteiger charge is 2.22. The Morgan fingerprint density at radius 2 is 2.05 bits per heavy atom. The standard InChI is InChI=1S/C12H21BrN2O3S2/c1-8(2)14-7-10-5-11(12(13)18-10)20(16,17)15-6-9(3)19-4/h5,8-9,14-15H,6-7H2,1-4H3. The topological polar surface area (TPSA) is 71.3 Å². The van der Waals surface area contributed by atoms with Crippen molar-refractivity contribution in [2.24, 2.45) is 0 Å². The molecule has 1 aromatic rings. The van der Waals surface area contributed by atoms with Gasteiger partial charge in [-0.15, -0.1) is 0 Å². The Morgan fingerprint density at radius 1 is 1.40 bits per heavy atom. The van der Waals surface area contributed by atoms with Crippen LogP contribution in [0.25, 0.3) is 0 Å². The SMILES string of the molecule is CSC(C)CNS(=O)(=O)c1cc(CNC(C)C)oc1Br. The molecule has 0 saturated carbocycles. The minimum absolute atomic E-state index is 0.145. The third-order valence-corrected chi connectivity index (χ3v) is 5.90. The van der Waals surface area contributed by atoms with Crippen LogP contribution in [-0.2, 0) is 16.6 Å². The molecule has 5 nitrogen and oxygen atoms in total. The van der Waals surface area contributed by atoms with Crippen LogP contribution in [-0.4, -0.2) is 32.5 Å². The van der Waals surface area contributed by atoms with Crippen molar-refractivity contribution < 1.29 is 12.8 Å². The van der Waals surface area contributed by atoms with Crippen LogP contribution in [0.3, 0.4) is 0 Å².